The van der Waals surface area contributed by atoms with E-state index in [0.29, 0.717) is 0 Å². The van der Waals surface area contributed by atoms with Crippen molar-refractivity contribution in [1.82, 2.24) is 4.98 Å². The lowest BCUT2D eigenvalue weighted by atomic mass is 10.1. The second kappa shape index (κ2) is 4.31. The molecule has 0 saturated heterocycles. The van der Waals surface area contributed by atoms with Gasteiger partial charge in [0, 0.05) is 0 Å². The van der Waals surface area contributed by atoms with E-state index in [9.17, 15) is 13.6 Å². The Labute approximate surface area is 91.8 Å². The molecule has 4 nitrogen and oxygen atoms in total. The number of primary amides is 1. The maximum absolute atomic E-state index is 12.5. The molecule has 1 rings (SSSR count). The maximum atomic E-state index is 12.5. The Hall–Kier alpha value is -1.55. The van der Waals surface area contributed by atoms with Gasteiger partial charge in [0.2, 0.25) is 0 Å². The number of pyridine rings is 1. The molecule has 78 valence electrons. The van der Waals surface area contributed by atoms with Gasteiger partial charge in [0.25, 0.3) is 12.3 Å². The number of nitriles is 1. The number of carbonyl (C=O) groups excluding carboxylic acids is 1. The molecule has 1 amide bonds. The number of nitrogens with zero attached hydrogens (tertiary/aromatic N) is 2. The molecule has 0 unspecified atom stereocenters. The first-order valence-electron chi connectivity index (χ1n) is 3.66. The second-order valence-electron chi connectivity index (χ2n) is 2.54. The third-order valence-electron chi connectivity index (χ3n) is 1.60. The van der Waals surface area contributed by atoms with Crippen LogP contribution in [0, 0.1) is 11.3 Å². The first kappa shape index (κ1) is 11.5. The molecular weight excluding hydrogens is 272 g/mol. The molecule has 1 aromatic rings. The molecule has 0 saturated carbocycles. The Kier molecular flexibility index (Phi) is 3.31. The minimum atomic E-state index is -2.84. The van der Waals surface area contributed by atoms with Crippen LogP contribution in [0.3, 0.4) is 0 Å². The van der Waals surface area contributed by atoms with Crippen LogP contribution in [0.1, 0.15) is 28.0 Å². The van der Waals surface area contributed by atoms with Crippen molar-refractivity contribution >= 4 is 21.8 Å². The Morgan fingerprint density at radius 3 is 2.67 bits per heavy atom. The van der Waals surface area contributed by atoms with Crippen molar-refractivity contribution in [1.29, 1.82) is 5.26 Å². The van der Waals surface area contributed by atoms with Gasteiger partial charge in [-0.2, -0.15) is 5.26 Å². The third-order valence-corrected chi connectivity index (χ3v) is 2.21. The van der Waals surface area contributed by atoms with Gasteiger partial charge >= 0.3 is 0 Å². The molecule has 0 bridgehead atoms. The van der Waals surface area contributed by atoms with E-state index in [1.54, 1.807) is 6.07 Å². The monoisotopic (exact) mass is 275 g/mol. The molecule has 0 aliphatic rings. The van der Waals surface area contributed by atoms with E-state index in [1.807, 2.05) is 0 Å². The highest BCUT2D eigenvalue weighted by atomic mass is 79.9. The van der Waals surface area contributed by atoms with E-state index in [2.05, 4.69) is 20.9 Å². The van der Waals surface area contributed by atoms with Gasteiger partial charge in [0.1, 0.15) is 10.3 Å². The summed E-state index contributed by atoms with van der Waals surface area (Å²) in [6.07, 6.45) is -2.84. The van der Waals surface area contributed by atoms with Gasteiger partial charge in [-0.25, -0.2) is 13.8 Å². The summed E-state index contributed by atoms with van der Waals surface area (Å²) < 4.78 is 24.7. The third kappa shape index (κ3) is 2.27. The second-order valence-corrected chi connectivity index (χ2v) is 3.29. The molecule has 0 spiro atoms. The van der Waals surface area contributed by atoms with E-state index in [4.69, 9.17) is 11.0 Å². The summed E-state index contributed by atoms with van der Waals surface area (Å²) in [4.78, 5) is 14.3. The SMILES string of the molecule is N#Cc1cc(C(N)=O)nc(Br)c1C(F)F. The van der Waals surface area contributed by atoms with Crippen LogP contribution in [0.15, 0.2) is 10.7 Å². The van der Waals surface area contributed by atoms with Gasteiger partial charge in [-0.15, -0.1) is 0 Å². The van der Waals surface area contributed by atoms with E-state index >= 15 is 0 Å². The molecule has 1 heterocycles. The van der Waals surface area contributed by atoms with Gasteiger partial charge < -0.3 is 5.73 Å². The summed E-state index contributed by atoms with van der Waals surface area (Å²) in [5.74, 6) is -0.881. The van der Waals surface area contributed by atoms with E-state index in [1.165, 1.54) is 0 Å². The molecular formula is C8H4BrF2N3O. The lowest BCUT2D eigenvalue weighted by Crippen LogP contribution is -2.14. The van der Waals surface area contributed by atoms with Crippen LogP contribution in [0.5, 0.6) is 0 Å². The summed E-state index contributed by atoms with van der Waals surface area (Å²) >= 11 is 2.76. The minimum Gasteiger partial charge on any atom is -0.364 e. The molecule has 0 fully saturated rings. The molecule has 1 aromatic heterocycles. The average molecular weight is 276 g/mol. The highest BCUT2D eigenvalue weighted by Gasteiger charge is 2.20. The van der Waals surface area contributed by atoms with Crippen molar-refractivity contribution in [2.24, 2.45) is 5.73 Å². The fourth-order valence-electron chi connectivity index (χ4n) is 0.950. The molecule has 0 aliphatic heterocycles. The summed E-state index contributed by atoms with van der Waals surface area (Å²) in [5, 5.41) is 8.61. The smallest absolute Gasteiger partial charge is 0.267 e. The Morgan fingerprint density at radius 1 is 1.67 bits per heavy atom. The minimum absolute atomic E-state index is 0.233. The zero-order chi connectivity index (χ0) is 11.6. The zero-order valence-corrected chi connectivity index (χ0v) is 8.75. The van der Waals surface area contributed by atoms with Crippen molar-refractivity contribution in [3.63, 3.8) is 0 Å². The normalized spacial score (nSPS) is 10.1. The number of carbonyl (C=O) groups is 1. The molecule has 0 atom stereocenters. The first-order chi connectivity index (χ1) is 6.97. The number of hydrogen-bond donors (Lipinski definition) is 1. The Balaban J connectivity index is 3.46. The van der Waals surface area contributed by atoms with Crippen LogP contribution in [0.4, 0.5) is 8.78 Å². The van der Waals surface area contributed by atoms with Gasteiger partial charge in [-0.3, -0.25) is 4.79 Å². The Bertz CT molecular complexity index is 456. The molecule has 0 radical (unpaired) electrons. The Morgan fingerprint density at radius 2 is 2.27 bits per heavy atom. The highest BCUT2D eigenvalue weighted by Crippen LogP contribution is 2.29. The maximum Gasteiger partial charge on any atom is 0.267 e. The number of halogens is 3. The lowest BCUT2D eigenvalue weighted by Gasteiger charge is -2.06. The summed E-state index contributed by atoms with van der Waals surface area (Å²) in [6.45, 7) is 0. The van der Waals surface area contributed by atoms with Gasteiger partial charge in [0.15, 0.2) is 0 Å². The average Bonchev–Trinajstić information content (AvgIpc) is 2.15. The van der Waals surface area contributed by atoms with Crippen LogP contribution in [0.2, 0.25) is 0 Å². The molecule has 7 heteroatoms. The van der Waals surface area contributed by atoms with Gasteiger partial charge in [0.05, 0.1) is 17.2 Å². The highest BCUT2D eigenvalue weighted by molar-refractivity contribution is 9.10. The molecule has 0 aromatic carbocycles. The first-order valence-corrected chi connectivity index (χ1v) is 4.45. The molecule has 15 heavy (non-hydrogen) atoms. The fourth-order valence-corrected chi connectivity index (χ4v) is 1.53. The summed E-state index contributed by atoms with van der Waals surface area (Å²) in [6, 6.07) is 2.49. The summed E-state index contributed by atoms with van der Waals surface area (Å²) in [5.41, 5.74) is 3.82. The molecule has 2 N–H and O–H groups in total. The lowest BCUT2D eigenvalue weighted by molar-refractivity contribution is 0.0994. The van der Waals surface area contributed by atoms with Crippen molar-refractivity contribution in [2.75, 3.05) is 0 Å². The van der Waals surface area contributed by atoms with Crippen LogP contribution in [-0.2, 0) is 0 Å². The topological polar surface area (TPSA) is 79.8 Å². The number of nitrogens with two attached hydrogens (primary N) is 1. The van der Waals surface area contributed by atoms with Crippen molar-refractivity contribution in [2.45, 2.75) is 6.43 Å². The van der Waals surface area contributed by atoms with Crippen LogP contribution < -0.4 is 5.73 Å². The predicted octanol–water partition coefficient (Wildman–Crippen LogP) is 1.75. The van der Waals surface area contributed by atoms with Crippen molar-refractivity contribution in [3.05, 3.63) is 27.5 Å². The van der Waals surface area contributed by atoms with Crippen molar-refractivity contribution in [3.8, 4) is 6.07 Å². The van der Waals surface area contributed by atoms with Gasteiger partial charge in [-0.1, -0.05) is 0 Å². The quantitative estimate of drug-likeness (QED) is 0.835. The van der Waals surface area contributed by atoms with E-state index in [-0.39, 0.29) is 15.9 Å². The number of alkyl halides is 2. The number of hydrogen-bond acceptors (Lipinski definition) is 3. The van der Waals surface area contributed by atoms with Crippen LogP contribution in [0.25, 0.3) is 0 Å². The zero-order valence-electron chi connectivity index (χ0n) is 7.17. The van der Waals surface area contributed by atoms with Crippen molar-refractivity contribution < 1.29 is 13.6 Å². The van der Waals surface area contributed by atoms with Crippen LogP contribution in [-0.4, -0.2) is 10.9 Å². The number of aromatic nitrogens is 1. The van der Waals surface area contributed by atoms with E-state index in [0.717, 1.165) is 6.07 Å². The van der Waals surface area contributed by atoms with Crippen LogP contribution >= 0.6 is 15.9 Å². The standard InChI is InChI=1S/C8H4BrF2N3O/c9-6-5(7(10)11)3(2-12)1-4(14-6)8(13)15/h1,7H,(H2,13,15). The van der Waals surface area contributed by atoms with E-state index < -0.39 is 17.9 Å². The number of amides is 1. The summed E-state index contributed by atoms with van der Waals surface area (Å²) in [7, 11) is 0. The largest absolute Gasteiger partial charge is 0.364 e. The number of rotatable bonds is 2. The molecule has 0 aliphatic carbocycles. The fraction of sp³-hybridized carbons (Fsp3) is 0.125. The van der Waals surface area contributed by atoms with Gasteiger partial charge in [-0.05, 0) is 22.0 Å². The predicted molar refractivity (Wildman–Crippen MR) is 50.1 cm³/mol.